The van der Waals surface area contributed by atoms with E-state index in [-0.39, 0.29) is 0 Å². The third-order valence-electron chi connectivity index (χ3n) is 2.83. The second kappa shape index (κ2) is 6.45. The predicted molar refractivity (Wildman–Crippen MR) is 75.8 cm³/mol. The Balaban J connectivity index is 1.97. The second-order valence-corrected chi connectivity index (χ2v) is 5.53. The molecule has 0 saturated carbocycles. The van der Waals surface area contributed by atoms with E-state index >= 15 is 0 Å². The molecule has 0 fully saturated rings. The normalized spacial score (nSPS) is 15.6. The number of ether oxygens (including phenoxy) is 2. The third-order valence-corrected chi connectivity index (χ3v) is 4.58. The zero-order valence-electron chi connectivity index (χ0n) is 10.0. The number of hydrogen-bond acceptors (Lipinski definition) is 4. The molecular formula is C13H18O2S2. The lowest BCUT2D eigenvalue weighted by Gasteiger charge is -2.19. The van der Waals surface area contributed by atoms with Crippen LogP contribution < -0.4 is 9.47 Å². The van der Waals surface area contributed by atoms with Crippen LogP contribution >= 0.6 is 24.4 Å². The van der Waals surface area contributed by atoms with Crippen LogP contribution in [-0.2, 0) is 0 Å². The Labute approximate surface area is 112 Å². The van der Waals surface area contributed by atoms with Crippen molar-refractivity contribution in [2.45, 2.75) is 18.2 Å². The van der Waals surface area contributed by atoms with Gasteiger partial charge >= 0.3 is 0 Å². The first-order valence-electron chi connectivity index (χ1n) is 5.96. The van der Waals surface area contributed by atoms with E-state index in [4.69, 9.17) is 9.47 Å². The lowest BCUT2D eigenvalue weighted by atomic mass is 10.2. The Kier molecular flexibility index (Phi) is 4.92. The highest BCUT2D eigenvalue weighted by Gasteiger charge is 2.12. The number of fused-ring (bicyclic) bond motifs is 1. The highest BCUT2D eigenvalue weighted by Crippen LogP contribution is 2.34. The van der Waals surface area contributed by atoms with E-state index in [0.29, 0.717) is 19.1 Å². The van der Waals surface area contributed by atoms with Crippen molar-refractivity contribution in [3.05, 3.63) is 18.2 Å². The van der Waals surface area contributed by atoms with Crippen LogP contribution in [0.1, 0.15) is 13.3 Å². The number of hydrogen-bond donors (Lipinski definition) is 1. The first-order chi connectivity index (χ1) is 8.33. The molecule has 1 atom stereocenters. The maximum Gasteiger partial charge on any atom is 0.162 e. The molecule has 0 aliphatic carbocycles. The molecule has 1 aromatic carbocycles. The Hall–Kier alpha value is -0.480. The van der Waals surface area contributed by atoms with Crippen LogP contribution in [0.25, 0.3) is 0 Å². The zero-order valence-corrected chi connectivity index (χ0v) is 11.7. The molecule has 94 valence electrons. The van der Waals surface area contributed by atoms with Crippen LogP contribution in [0.5, 0.6) is 11.5 Å². The quantitative estimate of drug-likeness (QED) is 0.652. The van der Waals surface area contributed by atoms with Gasteiger partial charge in [0.1, 0.15) is 13.2 Å². The number of benzene rings is 1. The molecule has 0 saturated heterocycles. The monoisotopic (exact) mass is 270 g/mol. The minimum Gasteiger partial charge on any atom is -0.486 e. The molecule has 1 aliphatic rings. The summed E-state index contributed by atoms with van der Waals surface area (Å²) in [5, 5.41) is 0. The summed E-state index contributed by atoms with van der Waals surface area (Å²) in [6.07, 6.45) is 1.18. The fraction of sp³-hybridized carbons (Fsp3) is 0.538. The summed E-state index contributed by atoms with van der Waals surface area (Å²) >= 11 is 6.23. The molecule has 1 aromatic rings. The third kappa shape index (κ3) is 3.49. The van der Waals surface area contributed by atoms with Crippen LogP contribution in [0.3, 0.4) is 0 Å². The average Bonchev–Trinajstić information content (AvgIpc) is 2.40. The fourth-order valence-electron chi connectivity index (χ4n) is 1.63. The lowest BCUT2D eigenvalue weighted by molar-refractivity contribution is 0.171. The SMILES string of the molecule is CCC(CS)CSc1ccc2c(c1)OCCO2. The molecule has 0 spiro atoms. The van der Waals surface area contributed by atoms with Crippen molar-refractivity contribution in [3.63, 3.8) is 0 Å². The zero-order chi connectivity index (χ0) is 12.1. The van der Waals surface area contributed by atoms with Gasteiger partial charge in [-0.25, -0.2) is 0 Å². The molecule has 1 unspecified atom stereocenters. The van der Waals surface area contributed by atoms with E-state index in [2.05, 4.69) is 31.7 Å². The van der Waals surface area contributed by atoms with Crippen molar-refractivity contribution in [3.8, 4) is 11.5 Å². The summed E-state index contributed by atoms with van der Waals surface area (Å²) in [4.78, 5) is 1.24. The van der Waals surface area contributed by atoms with Crippen LogP contribution in [0.15, 0.2) is 23.1 Å². The predicted octanol–water partition coefficient (Wildman–Crippen LogP) is 3.51. The van der Waals surface area contributed by atoms with Gasteiger partial charge in [-0.2, -0.15) is 12.6 Å². The Bertz CT molecular complexity index is 364. The lowest BCUT2D eigenvalue weighted by Crippen LogP contribution is -2.15. The van der Waals surface area contributed by atoms with Gasteiger partial charge in [0.25, 0.3) is 0 Å². The van der Waals surface area contributed by atoms with Crippen molar-refractivity contribution in [2.24, 2.45) is 5.92 Å². The highest BCUT2D eigenvalue weighted by molar-refractivity contribution is 7.99. The van der Waals surface area contributed by atoms with Crippen LogP contribution in [0.2, 0.25) is 0 Å². The van der Waals surface area contributed by atoms with Crippen molar-refractivity contribution < 1.29 is 9.47 Å². The first-order valence-corrected chi connectivity index (χ1v) is 7.58. The van der Waals surface area contributed by atoms with Crippen molar-refractivity contribution >= 4 is 24.4 Å². The van der Waals surface area contributed by atoms with E-state index in [1.807, 2.05) is 17.8 Å². The average molecular weight is 270 g/mol. The number of rotatable bonds is 5. The van der Waals surface area contributed by atoms with E-state index < -0.39 is 0 Å². The van der Waals surface area contributed by atoms with Gasteiger partial charge in [0.05, 0.1) is 0 Å². The Morgan fingerprint density at radius 2 is 2.06 bits per heavy atom. The molecule has 0 radical (unpaired) electrons. The molecule has 0 N–H and O–H groups in total. The number of thiol groups is 1. The van der Waals surface area contributed by atoms with Crippen molar-refractivity contribution in [2.75, 3.05) is 24.7 Å². The summed E-state index contributed by atoms with van der Waals surface area (Å²) in [7, 11) is 0. The van der Waals surface area contributed by atoms with E-state index in [9.17, 15) is 0 Å². The van der Waals surface area contributed by atoms with Gasteiger partial charge in [-0.15, -0.1) is 11.8 Å². The van der Waals surface area contributed by atoms with Gasteiger partial charge < -0.3 is 9.47 Å². The smallest absolute Gasteiger partial charge is 0.162 e. The maximum absolute atomic E-state index is 5.57. The fourth-order valence-corrected chi connectivity index (χ4v) is 3.33. The van der Waals surface area contributed by atoms with Crippen LogP contribution in [0, 0.1) is 5.92 Å². The molecule has 0 bridgehead atoms. The van der Waals surface area contributed by atoms with Gasteiger partial charge in [0.2, 0.25) is 0 Å². The number of thioether (sulfide) groups is 1. The standard InChI is InChI=1S/C13H18O2S2/c1-2-10(8-16)9-17-11-3-4-12-13(7-11)15-6-5-14-12/h3-4,7,10,16H,2,5-6,8-9H2,1H3. The summed E-state index contributed by atoms with van der Waals surface area (Å²) in [5.41, 5.74) is 0. The second-order valence-electron chi connectivity index (χ2n) is 4.07. The van der Waals surface area contributed by atoms with Crippen LogP contribution in [-0.4, -0.2) is 24.7 Å². The first kappa shape index (κ1) is 13.0. The van der Waals surface area contributed by atoms with E-state index in [0.717, 1.165) is 23.0 Å². The van der Waals surface area contributed by atoms with Gasteiger partial charge in [0, 0.05) is 10.6 Å². The molecule has 1 aliphatic heterocycles. The molecule has 0 aromatic heterocycles. The topological polar surface area (TPSA) is 18.5 Å². The van der Waals surface area contributed by atoms with Gasteiger partial charge in [-0.05, 0) is 29.9 Å². The van der Waals surface area contributed by atoms with E-state index in [1.165, 1.54) is 11.3 Å². The summed E-state index contributed by atoms with van der Waals surface area (Å²) in [6, 6.07) is 6.17. The highest BCUT2D eigenvalue weighted by atomic mass is 32.2. The molecule has 1 heterocycles. The molecule has 0 amide bonds. The Morgan fingerprint density at radius 1 is 1.29 bits per heavy atom. The largest absolute Gasteiger partial charge is 0.486 e. The van der Waals surface area contributed by atoms with E-state index in [1.54, 1.807) is 0 Å². The minimum atomic E-state index is 0.648. The molecule has 4 heteroatoms. The summed E-state index contributed by atoms with van der Waals surface area (Å²) < 4.78 is 11.1. The van der Waals surface area contributed by atoms with Crippen LogP contribution in [0.4, 0.5) is 0 Å². The van der Waals surface area contributed by atoms with Gasteiger partial charge in [-0.1, -0.05) is 13.3 Å². The molecule has 17 heavy (non-hydrogen) atoms. The molecular weight excluding hydrogens is 252 g/mol. The maximum atomic E-state index is 5.57. The van der Waals surface area contributed by atoms with Crippen molar-refractivity contribution in [1.82, 2.24) is 0 Å². The summed E-state index contributed by atoms with van der Waals surface area (Å²) in [5.74, 6) is 4.48. The molecule has 2 rings (SSSR count). The Morgan fingerprint density at radius 3 is 2.76 bits per heavy atom. The summed E-state index contributed by atoms with van der Waals surface area (Å²) in [6.45, 7) is 3.51. The van der Waals surface area contributed by atoms with Crippen molar-refractivity contribution in [1.29, 1.82) is 0 Å². The molecule has 2 nitrogen and oxygen atoms in total. The van der Waals surface area contributed by atoms with Gasteiger partial charge in [0.15, 0.2) is 11.5 Å². The van der Waals surface area contributed by atoms with Gasteiger partial charge in [-0.3, -0.25) is 0 Å². The minimum absolute atomic E-state index is 0.648.